The van der Waals surface area contributed by atoms with Gasteiger partial charge in [-0.1, -0.05) is 51.6 Å². The minimum atomic E-state index is -1.53. The van der Waals surface area contributed by atoms with E-state index in [1.54, 1.807) is 18.2 Å². The molecule has 92 valence electrons. The minimum Gasteiger partial charge on any atom is -0.490 e. The van der Waals surface area contributed by atoms with Crippen LogP contribution in [0, 0.1) is 0 Å². The highest BCUT2D eigenvalue weighted by atomic mass is 16.5. The highest BCUT2D eigenvalue weighted by molar-refractivity contribution is 6.59. The Balaban J connectivity index is 3.29. The summed E-state index contributed by atoms with van der Waals surface area (Å²) in [5.74, 6) is 0.537. The zero-order valence-corrected chi connectivity index (χ0v) is 10.6. The first-order chi connectivity index (χ1) is 7.88. The molecule has 0 unspecified atom stereocenters. The third-order valence-electron chi connectivity index (χ3n) is 2.48. The zero-order valence-electron chi connectivity index (χ0n) is 10.6. The van der Waals surface area contributed by atoms with Crippen LogP contribution in [-0.4, -0.2) is 23.8 Å². The molecule has 0 heterocycles. The van der Waals surface area contributed by atoms with Crippen LogP contribution in [0.4, 0.5) is 0 Å². The molecule has 3 nitrogen and oxygen atoms in total. The summed E-state index contributed by atoms with van der Waals surface area (Å²) in [6, 6.07) is 5.39. The van der Waals surface area contributed by atoms with Crippen molar-refractivity contribution in [3.63, 3.8) is 0 Å². The molecule has 1 aromatic rings. The van der Waals surface area contributed by atoms with E-state index in [-0.39, 0.29) is 5.41 Å². The van der Waals surface area contributed by atoms with E-state index in [0.29, 0.717) is 17.8 Å². The van der Waals surface area contributed by atoms with Crippen molar-refractivity contribution in [2.24, 2.45) is 0 Å². The van der Waals surface area contributed by atoms with Gasteiger partial charge in [0.05, 0.1) is 0 Å². The molecule has 0 bridgehead atoms. The summed E-state index contributed by atoms with van der Waals surface area (Å²) in [4.78, 5) is 0. The SMILES string of the molecule is C=CCOc1c(B(O)O)cccc1C(C)(C)C. The van der Waals surface area contributed by atoms with E-state index in [0.717, 1.165) is 5.56 Å². The molecule has 0 saturated carbocycles. The second-order valence-electron chi connectivity index (χ2n) is 4.95. The Kier molecular flexibility index (Phi) is 4.37. The molecular formula is C13H19BO3. The van der Waals surface area contributed by atoms with E-state index in [1.165, 1.54) is 0 Å². The van der Waals surface area contributed by atoms with Gasteiger partial charge in [0, 0.05) is 5.46 Å². The Morgan fingerprint density at radius 3 is 2.47 bits per heavy atom. The maximum absolute atomic E-state index is 9.34. The van der Waals surface area contributed by atoms with E-state index in [1.807, 2.05) is 6.07 Å². The number of para-hydroxylation sites is 1. The second kappa shape index (κ2) is 5.38. The molecule has 0 aliphatic rings. The van der Waals surface area contributed by atoms with Gasteiger partial charge in [-0.15, -0.1) is 0 Å². The van der Waals surface area contributed by atoms with Crippen molar-refractivity contribution in [3.05, 3.63) is 36.4 Å². The van der Waals surface area contributed by atoms with Crippen LogP contribution >= 0.6 is 0 Å². The molecule has 0 spiro atoms. The molecule has 0 aromatic heterocycles. The molecule has 0 atom stereocenters. The van der Waals surface area contributed by atoms with Gasteiger partial charge in [0.25, 0.3) is 0 Å². The first-order valence-corrected chi connectivity index (χ1v) is 5.61. The van der Waals surface area contributed by atoms with Crippen molar-refractivity contribution in [1.29, 1.82) is 0 Å². The minimum absolute atomic E-state index is 0.124. The van der Waals surface area contributed by atoms with Crippen molar-refractivity contribution in [2.75, 3.05) is 6.61 Å². The molecule has 2 N–H and O–H groups in total. The van der Waals surface area contributed by atoms with Gasteiger partial charge in [-0.25, -0.2) is 0 Å². The molecule has 1 rings (SSSR count). The first-order valence-electron chi connectivity index (χ1n) is 5.61. The van der Waals surface area contributed by atoms with Gasteiger partial charge in [-0.2, -0.15) is 0 Å². The molecule has 0 aliphatic heterocycles. The Labute approximate surface area is 103 Å². The highest BCUT2D eigenvalue weighted by Gasteiger charge is 2.25. The number of ether oxygens (including phenoxy) is 1. The molecule has 4 heteroatoms. The maximum atomic E-state index is 9.34. The van der Waals surface area contributed by atoms with Crippen LogP contribution in [-0.2, 0) is 5.41 Å². The number of hydrogen-bond donors (Lipinski definition) is 2. The largest absolute Gasteiger partial charge is 0.492 e. The Morgan fingerprint density at radius 2 is 2.00 bits per heavy atom. The normalized spacial score (nSPS) is 11.1. The van der Waals surface area contributed by atoms with Crippen LogP contribution in [0.15, 0.2) is 30.9 Å². The third-order valence-corrected chi connectivity index (χ3v) is 2.48. The van der Waals surface area contributed by atoms with Crippen LogP contribution in [0.3, 0.4) is 0 Å². The summed E-state index contributed by atoms with van der Waals surface area (Å²) < 4.78 is 5.57. The lowest BCUT2D eigenvalue weighted by Gasteiger charge is -2.24. The fourth-order valence-electron chi connectivity index (χ4n) is 1.65. The van der Waals surface area contributed by atoms with Crippen molar-refractivity contribution < 1.29 is 14.8 Å². The zero-order chi connectivity index (χ0) is 13.1. The lowest BCUT2D eigenvalue weighted by atomic mass is 9.75. The fraction of sp³-hybridized carbons (Fsp3) is 0.385. The topological polar surface area (TPSA) is 49.7 Å². The average Bonchev–Trinajstić information content (AvgIpc) is 2.24. The summed E-state index contributed by atoms with van der Waals surface area (Å²) in [6.45, 7) is 10.1. The summed E-state index contributed by atoms with van der Waals surface area (Å²) >= 11 is 0. The molecule has 0 radical (unpaired) electrons. The predicted molar refractivity (Wildman–Crippen MR) is 70.7 cm³/mol. The first kappa shape index (κ1) is 13.8. The van der Waals surface area contributed by atoms with Crippen LogP contribution in [0.2, 0.25) is 0 Å². The van der Waals surface area contributed by atoms with Crippen LogP contribution in [0.5, 0.6) is 5.75 Å². The van der Waals surface area contributed by atoms with Crippen LogP contribution in [0.25, 0.3) is 0 Å². The van der Waals surface area contributed by atoms with Gasteiger partial charge in [0.2, 0.25) is 0 Å². The van der Waals surface area contributed by atoms with Crippen molar-refractivity contribution in [1.82, 2.24) is 0 Å². The van der Waals surface area contributed by atoms with Crippen molar-refractivity contribution in [2.45, 2.75) is 26.2 Å². The summed E-state index contributed by atoms with van der Waals surface area (Å²) in [5, 5.41) is 18.7. The number of benzene rings is 1. The lowest BCUT2D eigenvalue weighted by molar-refractivity contribution is 0.350. The van der Waals surface area contributed by atoms with Crippen LogP contribution in [0.1, 0.15) is 26.3 Å². The Morgan fingerprint density at radius 1 is 1.35 bits per heavy atom. The monoisotopic (exact) mass is 234 g/mol. The standard InChI is InChI=1S/C13H19BO3/c1-5-9-17-12-10(13(2,3)4)7-6-8-11(12)14(15)16/h5-8,15-16H,1,9H2,2-4H3. The van der Waals surface area contributed by atoms with Crippen LogP contribution < -0.4 is 10.2 Å². The molecule has 1 aromatic carbocycles. The Hall–Kier alpha value is -1.26. The van der Waals surface area contributed by atoms with E-state index in [2.05, 4.69) is 27.4 Å². The van der Waals surface area contributed by atoms with Gasteiger partial charge in [0.15, 0.2) is 0 Å². The highest BCUT2D eigenvalue weighted by Crippen LogP contribution is 2.30. The van der Waals surface area contributed by atoms with Gasteiger partial charge >= 0.3 is 7.12 Å². The summed E-state index contributed by atoms with van der Waals surface area (Å²) in [6.07, 6.45) is 1.63. The molecule has 0 amide bonds. The van der Waals surface area contributed by atoms with E-state index in [9.17, 15) is 10.0 Å². The van der Waals surface area contributed by atoms with E-state index < -0.39 is 7.12 Å². The average molecular weight is 234 g/mol. The molecule has 0 aliphatic carbocycles. The van der Waals surface area contributed by atoms with Gasteiger partial charge in [0.1, 0.15) is 12.4 Å². The fourth-order valence-corrected chi connectivity index (χ4v) is 1.65. The molecule has 17 heavy (non-hydrogen) atoms. The van der Waals surface area contributed by atoms with Gasteiger partial charge in [-0.05, 0) is 11.0 Å². The van der Waals surface area contributed by atoms with Crippen molar-refractivity contribution >= 4 is 12.6 Å². The van der Waals surface area contributed by atoms with Gasteiger partial charge < -0.3 is 14.8 Å². The summed E-state index contributed by atoms with van der Waals surface area (Å²) in [5.41, 5.74) is 1.21. The van der Waals surface area contributed by atoms with Gasteiger partial charge in [-0.3, -0.25) is 0 Å². The predicted octanol–water partition coefficient (Wildman–Crippen LogP) is 1.23. The van der Waals surface area contributed by atoms with Crippen molar-refractivity contribution in [3.8, 4) is 5.75 Å². The van der Waals surface area contributed by atoms with E-state index in [4.69, 9.17) is 4.74 Å². The lowest BCUT2D eigenvalue weighted by Crippen LogP contribution is -2.33. The smallest absolute Gasteiger partial charge is 0.490 e. The second-order valence-corrected chi connectivity index (χ2v) is 4.95. The quantitative estimate of drug-likeness (QED) is 0.608. The Bertz CT molecular complexity index is 394. The molecule has 0 saturated heterocycles. The maximum Gasteiger partial charge on any atom is 0.492 e. The summed E-state index contributed by atoms with van der Waals surface area (Å²) in [7, 11) is -1.53. The number of hydrogen-bond acceptors (Lipinski definition) is 3. The van der Waals surface area contributed by atoms with E-state index >= 15 is 0 Å². The molecular weight excluding hydrogens is 215 g/mol. The number of rotatable bonds is 4. The molecule has 0 fully saturated rings. The third kappa shape index (κ3) is 3.35.